The first-order valence-electron chi connectivity index (χ1n) is 11.5. The van der Waals surface area contributed by atoms with Crippen LogP contribution < -0.4 is 0 Å². The van der Waals surface area contributed by atoms with E-state index in [0.29, 0.717) is 32.4 Å². The van der Waals surface area contributed by atoms with Crippen molar-refractivity contribution in [1.29, 1.82) is 0 Å². The number of ketones is 1. The quantitative estimate of drug-likeness (QED) is 0.684. The second-order valence-electron chi connectivity index (χ2n) is 8.67. The lowest BCUT2D eigenvalue weighted by atomic mass is 10.0. The maximum absolute atomic E-state index is 12.8. The van der Waals surface area contributed by atoms with Crippen molar-refractivity contribution in [3.8, 4) is 0 Å². The molecule has 4 rings (SSSR count). The summed E-state index contributed by atoms with van der Waals surface area (Å²) in [7, 11) is 0. The Hall–Kier alpha value is -3.13. The lowest BCUT2D eigenvalue weighted by molar-refractivity contribution is -0.148. The van der Waals surface area contributed by atoms with Gasteiger partial charge in [0.2, 0.25) is 5.78 Å². The minimum atomic E-state index is -0.883. The van der Waals surface area contributed by atoms with Gasteiger partial charge in [0.05, 0.1) is 12.1 Å². The van der Waals surface area contributed by atoms with Crippen molar-refractivity contribution in [1.82, 2.24) is 9.80 Å². The van der Waals surface area contributed by atoms with Crippen molar-refractivity contribution in [2.75, 3.05) is 13.1 Å². The van der Waals surface area contributed by atoms with E-state index in [-0.39, 0.29) is 35.4 Å². The highest BCUT2D eigenvalue weighted by Gasteiger charge is 2.31. The fourth-order valence-corrected chi connectivity index (χ4v) is 4.26. The lowest BCUT2D eigenvalue weighted by Crippen LogP contribution is -2.45. The Kier molecular flexibility index (Phi) is 8.50. The van der Waals surface area contributed by atoms with E-state index < -0.39 is 12.0 Å². The van der Waals surface area contributed by atoms with Gasteiger partial charge in [0.15, 0.2) is 0 Å². The minimum Gasteiger partial charge on any atom is -0.383 e. The number of nitrogens with zero attached hydrogens (tertiary/aromatic N) is 2. The zero-order chi connectivity index (χ0) is 24.8. The lowest BCUT2D eigenvalue weighted by Gasteiger charge is -2.35. The van der Waals surface area contributed by atoms with Crippen LogP contribution >= 0.6 is 0 Å². The van der Waals surface area contributed by atoms with Crippen molar-refractivity contribution < 1.29 is 28.3 Å². The Morgan fingerprint density at radius 2 is 1.26 bits per heavy atom. The third kappa shape index (κ3) is 6.05. The van der Waals surface area contributed by atoms with Crippen molar-refractivity contribution in [2.24, 2.45) is 0 Å². The molecule has 2 heterocycles. The number of carbonyl (C=O) groups is 3. The third-order valence-electron chi connectivity index (χ3n) is 6.39. The van der Waals surface area contributed by atoms with Gasteiger partial charge in [0, 0.05) is 19.5 Å². The molecule has 0 radical (unpaired) electrons. The third-order valence-corrected chi connectivity index (χ3v) is 6.39. The average molecular weight is 473 g/mol. The zero-order valence-corrected chi connectivity index (χ0v) is 19.4. The van der Waals surface area contributed by atoms with Crippen LogP contribution in [0.3, 0.4) is 0 Å². The van der Waals surface area contributed by atoms with Crippen LogP contribution in [-0.4, -0.2) is 51.7 Å². The number of hydrogen-bond acceptors (Lipinski definition) is 4. The summed E-state index contributed by atoms with van der Waals surface area (Å²) in [5.41, 5.74) is 1.73. The molecule has 2 aliphatic rings. The number of amides is 2. The van der Waals surface area contributed by atoms with Crippen LogP contribution in [0.2, 0.25) is 0 Å². The molecular weight excluding hydrogens is 442 g/mol. The van der Waals surface area contributed by atoms with E-state index >= 15 is 0 Å². The van der Waals surface area contributed by atoms with Crippen LogP contribution in [0.25, 0.3) is 0 Å². The van der Waals surface area contributed by atoms with Gasteiger partial charge in [-0.25, -0.2) is 8.78 Å². The monoisotopic (exact) mass is 472 g/mol. The summed E-state index contributed by atoms with van der Waals surface area (Å²) in [6.45, 7) is 4.98. The van der Waals surface area contributed by atoms with E-state index in [4.69, 9.17) is 0 Å². The largest absolute Gasteiger partial charge is 0.383 e. The van der Waals surface area contributed by atoms with E-state index in [1.807, 2.05) is 13.8 Å². The molecule has 182 valence electrons. The predicted molar refractivity (Wildman–Crippen MR) is 123 cm³/mol. The Labute approximate surface area is 198 Å². The number of hydrogen-bond donors (Lipinski definition) is 1. The van der Waals surface area contributed by atoms with Crippen LogP contribution in [0, 0.1) is 11.6 Å². The number of Topliss-reactive ketones (excluding diaryl/α,β-unsaturated/α-hetero) is 1. The molecule has 6 nitrogen and oxygen atoms in total. The molecule has 0 bridgehead atoms. The van der Waals surface area contributed by atoms with Gasteiger partial charge in [0.25, 0.3) is 11.8 Å². The molecule has 0 spiro atoms. The van der Waals surface area contributed by atoms with Gasteiger partial charge in [-0.05, 0) is 68.5 Å². The molecule has 0 aliphatic carbocycles. The Morgan fingerprint density at radius 3 is 1.79 bits per heavy atom. The van der Waals surface area contributed by atoms with E-state index in [1.165, 1.54) is 24.3 Å². The van der Waals surface area contributed by atoms with Gasteiger partial charge in [0.1, 0.15) is 17.7 Å². The molecule has 8 heteroatoms. The molecule has 2 amide bonds. The van der Waals surface area contributed by atoms with Crippen LogP contribution in [0.5, 0.6) is 0 Å². The van der Waals surface area contributed by atoms with Crippen molar-refractivity contribution in [2.45, 2.75) is 57.7 Å². The van der Waals surface area contributed by atoms with E-state index in [9.17, 15) is 28.3 Å². The van der Waals surface area contributed by atoms with Crippen molar-refractivity contribution in [3.05, 3.63) is 71.3 Å². The van der Waals surface area contributed by atoms with Crippen LogP contribution in [-0.2, 0) is 14.4 Å². The molecule has 2 aromatic rings. The first-order valence-corrected chi connectivity index (χ1v) is 11.5. The van der Waals surface area contributed by atoms with E-state index in [0.717, 1.165) is 17.5 Å². The number of aliphatic hydroxyl groups excluding tert-OH is 1. The number of aliphatic hydroxyl groups is 1. The molecule has 2 aromatic carbocycles. The summed E-state index contributed by atoms with van der Waals surface area (Å²) in [5.74, 6) is -1.57. The number of rotatable bonds is 4. The van der Waals surface area contributed by atoms with Crippen molar-refractivity contribution >= 4 is 17.6 Å². The summed E-state index contributed by atoms with van der Waals surface area (Å²) in [4.78, 5) is 38.1. The SMILES string of the molecule is CC(c1ccc(F)cc1)N1CCCC(=O)C1=O.CC(c1ccc(F)cc1)N1CCCC(O)C1=O. The summed E-state index contributed by atoms with van der Waals surface area (Å²) in [6, 6.07) is 11.8. The first kappa shape index (κ1) is 25.5. The summed E-state index contributed by atoms with van der Waals surface area (Å²) in [5, 5.41) is 9.54. The fraction of sp³-hybridized carbons (Fsp3) is 0.423. The van der Waals surface area contributed by atoms with Gasteiger partial charge < -0.3 is 14.9 Å². The highest BCUT2D eigenvalue weighted by molar-refractivity contribution is 6.36. The highest BCUT2D eigenvalue weighted by Crippen LogP contribution is 2.26. The molecule has 0 aromatic heterocycles. The maximum atomic E-state index is 12.8. The van der Waals surface area contributed by atoms with Gasteiger partial charge >= 0.3 is 0 Å². The Morgan fingerprint density at radius 1 is 0.794 bits per heavy atom. The number of piperidine rings is 2. The topological polar surface area (TPSA) is 77.9 Å². The van der Waals surface area contributed by atoms with Gasteiger partial charge in [-0.2, -0.15) is 0 Å². The number of carbonyl (C=O) groups excluding carboxylic acids is 3. The first-order chi connectivity index (χ1) is 16.2. The highest BCUT2D eigenvalue weighted by atomic mass is 19.1. The predicted octanol–water partition coefficient (Wildman–Crippen LogP) is 3.95. The summed E-state index contributed by atoms with van der Waals surface area (Å²) >= 11 is 0. The molecule has 3 atom stereocenters. The molecule has 2 aliphatic heterocycles. The molecule has 2 saturated heterocycles. The minimum absolute atomic E-state index is 0.127. The molecule has 34 heavy (non-hydrogen) atoms. The summed E-state index contributed by atoms with van der Waals surface area (Å²) in [6.07, 6.45) is 1.50. The van der Waals surface area contributed by atoms with E-state index in [1.54, 1.807) is 34.1 Å². The molecule has 0 saturated carbocycles. The Balaban J connectivity index is 0.000000191. The van der Waals surface area contributed by atoms with Gasteiger partial charge in [-0.1, -0.05) is 24.3 Å². The smallest absolute Gasteiger partial charge is 0.290 e. The molecular formula is C26H30F2N2O4. The Bertz CT molecular complexity index is 1010. The van der Waals surface area contributed by atoms with Gasteiger partial charge in [-0.3, -0.25) is 14.4 Å². The normalized spacial score (nSPS) is 20.5. The molecule has 3 unspecified atom stereocenters. The second-order valence-corrected chi connectivity index (χ2v) is 8.67. The standard InChI is InChI=1S/C13H16FNO2.C13H14FNO2/c2*1-9(10-4-6-11(14)7-5-10)15-8-2-3-12(16)13(15)17/h4-7,9,12,16H,2-3,8H2,1H3;4-7,9H,2-3,8H2,1H3. The number of likely N-dealkylation sites (tertiary alicyclic amines) is 2. The van der Waals surface area contributed by atoms with Gasteiger partial charge in [-0.15, -0.1) is 0 Å². The molecule has 1 N–H and O–H groups in total. The van der Waals surface area contributed by atoms with Crippen molar-refractivity contribution in [3.63, 3.8) is 0 Å². The number of halogens is 2. The van der Waals surface area contributed by atoms with Crippen LogP contribution in [0.15, 0.2) is 48.5 Å². The average Bonchev–Trinajstić information content (AvgIpc) is 2.83. The summed E-state index contributed by atoms with van der Waals surface area (Å²) < 4.78 is 25.6. The fourth-order valence-electron chi connectivity index (χ4n) is 4.26. The molecule has 2 fully saturated rings. The second kappa shape index (κ2) is 11.3. The zero-order valence-electron chi connectivity index (χ0n) is 19.4. The van der Waals surface area contributed by atoms with Crippen LogP contribution in [0.4, 0.5) is 8.78 Å². The van der Waals surface area contributed by atoms with E-state index in [2.05, 4.69) is 0 Å². The maximum Gasteiger partial charge on any atom is 0.290 e. The number of benzene rings is 2. The van der Waals surface area contributed by atoms with Crippen LogP contribution in [0.1, 0.15) is 62.7 Å².